The van der Waals surface area contributed by atoms with E-state index in [4.69, 9.17) is 14.2 Å². The van der Waals surface area contributed by atoms with E-state index in [9.17, 15) is 0 Å². The molecule has 3 aromatic carbocycles. The van der Waals surface area contributed by atoms with Crippen LogP contribution in [-0.2, 0) is 13.1 Å². The van der Waals surface area contributed by atoms with Crippen LogP contribution in [0.25, 0.3) is 0 Å². The molecule has 0 unspecified atom stereocenters. The lowest BCUT2D eigenvalue weighted by Gasteiger charge is -2.09. The van der Waals surface area contributed by atoms with Crippen molar-refractivity contribution in [2.24, 2.45) is 0 Å². The van der Waals surface area contributed by atoms with E-state index < -0.39 is 0 Å². The van der Waals surface area contributed by atoms with E-state index in [0.717, 1.165) is 30.3 Å². The Labute approximate surface area is 160 Å². The SMILES string of the molecule is COc1ccc(CNCc2ccc(OCCOc3ccccc3)cc2)cc1. The fourth-order valence-electron chi connectivity index (χ4n) is 2.63. The number of hydrogen-bond donors (Lipinski definition) is 1. The third kappa shape index (κ3) is 6.35. The number of methoxy groups -OCH3 is 1. The second-order valence-corrected chi connectivity index (χ2v) is 6.11. The largest absolute Gasteiger partial charge is 0.497 e. The van der Waals surface area contributed by atoms with Crippen LogP contribution in [0.15, 0.2) is 78.9 Å². The minimum Gasteiger partial charge on any atom is -0.497 e. The van der Waals surface area contributed by atoms with Crippen LogP contribution in [0.4, 0.5) is 0 Å². The maximum atomic E-state index is 5.72. The molecule has 1 N–H and O–H groups in total. The van der Waals surface area contributed by atoms with Gasteiger partial charge in [0.1, 0.15) is 30.5 Å². The standard InChI is InChI=1S/C23H25NO3/c1-25-21-11-7-19(8-12-21)17-24-18-20-9-13-23(14-10-20)27-16-15-26-22-5-3-2-4-6-22/h2-14,24H,15-18H2,1H3. The van der Waals surface area contributed by atoms with E-state index in [1.807, 2.05) is 54.6 Å². The van der Waals surface area contributed by atoms with Gasteiger partial charge in [-0.05, 0) is 47.5 Å². The van der Waals surface area contributed by atoms with Crippen LogP contribution in [0.1, 0.15) is 11.1 Å². The molecule has 3 rings (SSSR count). The number of ether oxygens (including phenoxy) is 3. The van der Waals surface area contributed by atoms with Crippen molar-refractivity contribution in [2.45, 2.75) is 13.1 Å². The number of hydrogen-bond acceptors (Lipinski definition) is 4. The summed E-state index contributed by atoms with van der Waals surface area (Å²) in [6.07, 6.45) is 0. The maximum absolute atomic E-state index is 5.72. The second-order valence-electron chi connectivity index (χ2n) is 6.11. The van der Waals surface area contributed by atoms with Gasteiger partial charge in [0.15, 0.2) is 0 Å². The van der Waals surface area contributed by atoms with E-state index in [1.165, 1.54) is 11.1 Å². The molecule has 0 aliphatic rings. The van der Waals surface area contributed by atoms with Gasteiger partial charge >= 0.3 is 0 Å². The van der Waals surface area contributed by atoms with Crippen LogP contribution < -0.4 is 19.5 Å². The molecule has 3 aromatic rings. The first-order chi connectivity index (χ1) is 13.3. The highest BCUT2D eigenvalue weighted by atomic mass is 16.5. The van der Waals surface area contributed by atoms with Gasteiger partial charge in [-0.1, -0.05) is 42.5 Å². The molecule has 0 saturated carbocycles. The molecule has 4 heteroatoms. The summed E-state index contributed by atoms with van der Waals surface area (Å²) in [6.45, 7) is 2.67. The zero-order valence-corrected chi connectivity index (χ0v) is 15.6. The number of nitrogens with one attached hydrogen (secondary N) is 1. The third-order valence-corrected chi connectivity index (χ3v) is 4.10. The van der Waals surface area contributed by atoms with Gasteiger partial charge in [0.05, 0.1) is 7.11 Å². The average molecular weight is 363 g/mol. The molecule has 0 radical (unpaired) electrons. The van der Waals surface area contributed by atoms with Crippen molar-refractivity contribution in [3.8, 4) is 17.2 Å². The van der Waals surface area contributed by atoms with Gasteiger partial charge in [0, 0.05) is 13.1 Å². The van der Waals surface area contributed by atoms with Crippen LogP contribution in [0.3, 0.4) is 0 Å². The first kappa shape index (κ1) is 18.8. The normalized spacial score (nSPS) is 10.4. The summed E-state index contributed by atoms with van der Waals surface area (Å²) >= 11 is 0. The lowest BCUT2D eigenvalue weighted by Crippen LogP contribution is -2.12. The van der Waals surface area contributed by atoms with Gasteiger partial charge in [0.2, 0.25) is 0 Å². The summed E-state index contributed by atoms with van der Waals surface area (Å²) in [5, 5.41) is 3.44. The molecule has 0 amide bonds. The van der Waals surface area contributed by atoms with Crippen molar-refractivity contribution in [3.05, 3.63) is 90.0 Å². The highest BCUT2D eigenvalue weighted by molar-refractivity contribution is 5.28. The van der Waals surface area contributed by atoms with Crippen molar-refractivity contribution in [2.75, 3.05) is 20.3 Å². The van der Waals surface area contributed by atoms with Gasteiger partial charge in [-0.25, -0.2) is 0 Å². The fraction of sp³-hybridized carbons (Fsp3) is 0.217. The fourth-order valence-corrected chi connectivity index (χ4v) is 2.63. The summed E-state index contributed by atoms with van der Waals surface area (Å²) in [6, 6.07) is 26.0. The Kier molecular flexibility index (Phi) is 7.13. The first-order valence-corrected chi connectivity index (χ1v) is 9.07. The second kappa shape index (κ2) is 10.2. The van der Waals surface area contributed by atoms with E-state index >= 15 is 0 Å². The number of benzene rings is 3. The van der Waals surface area contributed by atoms with Gasteiger partial charge in [-0.2, -0.15) is 0 Å². The van der Waals surface area contributed by atoms with Crippen molar-refractivity contribution in [1.82, 2.24) is 5.32 Å². The Morgan fingerprint density at radius 2 is 1.07 bits per heavy atom. The molecule has 140 valence electrons. The van der Waals surface area contributed by atoms with Gasteiger partial charge in [0.25, 0.3) is 0 Å². The molecule has 0 heterocycles. The molecule has 0 saturated heterocycles. The van der Waals surface area contributed by atoms with Crippen molar-refractivity contribution >= 4 is 0 Å². The number of rotatable bonds is 10. The van der Waals surface area contributed by atoms with E-state index in [0.29, 0.717) is 13.2 Å². The quantitative estimate of drug-likeness (QED) is 0.541. The molecular weight excluding hydrogens is 338 g/mol. The Hall–Kier alpha value is -2.98. The first-order valence-electron chi connectivity index (χ1n) is 9.07. The van der Waals surface area contributed by atoms with Crippen molar-refractivity contribution in [3.63, 3.8) is 0 Å². The van der Waals surface area contributed by atoms with Crippen LogP contribution in [0.5, 0.6) is 17.2 Å². The summed E-state index contributed by atoms with van der Waals surface area (Å²) in [4.78, 5) is 0. The topological polar surface area (TPSA) is 39.7 Å². The predicted octanol–water partition coefficient (Wildman–Crippen LogP) is 4.44. The van der Waals surface area contributed by atoms with Gasteiger partial charge < -0.3 is 19.5 Å². The molecule has 0 atom stereocenters. The number of para-hydroxylation sites is 1. The Morgan fingerprint density at radius 1 is 0.593 bits per heavy atom. The van der Waals surface area contributed by atoms with E-state index in [1.54, 1.807) is 7.11 Å². The molecule has 27 heavy (non-hydrogen) atoms. The predicted molar refractivity (Wildman–Crippen MR) is 107 cm³/mol. The van der Waals surface area contributed by atoms with Crippen molar-refractivity contribution < 1.29 is 14.2 Å². The van der Waals surface area contributed by atoms with Crippen LogP contribution in [0.2, 0.25) is 0 Å². The Morgan fingerprint density at radius 3 is 1.59 bits per heavy atom. The highest BCUT2D eigenvalue weighted by Gasteiger charge is 1.98. The average Bonchev–Trinajstić information content (AvgIpc) is 2.73. The van der Waals surface area contributed by atoms with Crippen molar-refractivity contribution in [1.29, 1.82) is 0 Å². The summed E-state index contributed by atoms with van der Waals surface area (Å²) in [5.74, 6) is 2.59. The van der Waals surface area contributed by atoms with Crippen LogP contribution >= 0.6 is 0 Å². The molecule has 0 fully saturated rings. The van der Waals surface area contributed by atoms with E-state index in [2.05, 4.69) is 29.6 Å². The molecule has 0 aromatic heterocycles. The smallest absolute Gasteiger partial charge is 0.122 e. The highest BCUT2D eigenvalue weighted by Crippen LogP contribution is 2.14. The molecular formula is C23H25NO3. The summed E-state index contributed by atoms with van der Waals surface area (Å²) in [7, 11) is 1.68. The molecule has 0 aliphatic carbocycles. The summed E-state index contributed by atoms with van der Waals surface area (Å²) in [5.41, 5.74) is 2.45. The molecule has 0 aliphatic heterocycles. The molecule has 0 bridgehead atoms. The van der Waals surface area contributed by atoms with Crippen LogP contribution in [-0.4, -0.2) is 20.3 Å². The maximum Gasteiger partial charge on any atom is 0.122 e. The monoisotopic (exact) mass is 363 g/mol. The minimum atomic E-state index is 0.518. The molecule has 0 spiro atoms. The van der Waals surface area contributed by atoms with Crippen LogP contribution in [0, 0.1) is 0 Å². The summed E-state index contributed by atoms with van der Waals surface area (Å²) < 4.78 is 16.5. The Balaban J connectivity index is 1.35. The zero-order chi connectivity index (χ0) is 18.7. The van der Waals surface area contributed by atoms with E-state index in [-0.39, 0.29) is 0 Å². The third-order valence-electron chi connectivity index (χ3n) is 4.10. The zero-order valence-electron chi connectivity index (χ0n) is 15.6. The van der Waals surface area contributed by atoms with Gasteiger partial charge in [-0.15, -0.1) is 0 Å². The lowest BCUT2D eigenvalue weighted by molar-refractivity contribution is 0.217. The Bertz CT molecular complexity index is 786. The van der Waals surface area contributed by atoms with Gasteiger partial charge in [-0.3, -0.25) is 0 Å². The lowest BCUT2D eigenvalue weighted by atomic mass is 10.2. The molecule has 4 nitrogen and oxygen atoms in total. The minimum absolute atomic E-state index is 0.518.